The van der Waals surface area contributed by atoms with Crippen molar-refractivity contribution in [1.29, 1.82) is 0 Å². The van der Waals surface area contributed by atoms with Gasteiger partial charge in [0, 0.05) is 47.7 Å². The smallest absolute Gasteiger partial charge is 0.408 e. The first-order valence-electron chi connectivity index (χ1n) is 14.0. The molecule has 5 aromatic rings. The van der Waals surface area contributed by atoms with Crippen molar-refractivity contribution in [2.24, 2.45) is 0 Å². The Morgan fingerprint density at radius 3 is 2.59 bits per heavy atom. The second-order valence-corrected chi connectivity index (χ2v) is 10.3. The van der Waals surface area contributed by atoms with Crippen LogP contribution in [0.2, 0.25) is 0 Å². The molecule has 2 aromatic heterocycles. The van der Waals surface area contributed by atoms with Crippen LogP contribution in [0.4, 0.5) is 10.5 Å². The minimum atomic E-state index is -0.857. The lowest BCUT2D eigenvalue weighted by molar-refractivity contribution is -0.118. The number of nitrogens with one attached hydrogen (secondary N) is 3. The number of hydrogen-bond acceptors (Lipinski definition) is 5. The zero-order chi connectivity index (χ0) is 28.0. The van der Waals surface area contributed by atoms with Crippen LogP contribution in [-0.4, -0.2) is 37.8 Å². The molecule has 1 aliphatic heterocycles. The van der Waals surface area contributed by atoms with Gasteiger partial charge in [0.25, 0.3) is 0 Å². The molecule has 0 bridgehead atoms. The fourth-order valence-corrected chi connectivity index (χ4v) is 5.27. The van der Waals surface area contributed by atoms with Crippen LogP contribution in [0.3, 0.4) is 0 Å². The monoisotopic (exact) mass is 548 g/mol. The number of anilines is 1. The Bertz CT molecular complexity index is 1640. The predicted octanol–water partition coefficient (Wildman–Crippen LogP) is 5.63. The Morgan fingerprint density at radius 2 is 1.73 bits per heavy atom. The van der Waals surface area contributed by atoms with Gasteiger partial charge in [0.05, 0.1) is 0 Å². The number of amides is 2. The number of nitrogens with zero attached hydrogens (tertiary/aromatic N) is 3. The minimum absolute atomic E-state index is 0.113. The maximum absolute atomic E-state index is 13.5. The van der Waals surface area contributed by atoms with Crippen molar-refractivity contribution in [2.75, 3.05) is 5.32 Å². The number of H-pyrrole nitrogens is 1. The highest BCUT2D eigenvalue weighted by molar-refractivity contribution is 5.97. The van der Waals surface area contributed by atoms with Crippen molar-refractivity contribution in [3.63, 3.8) is 0 Å². The first-order chi connectivity index (χ1) is 20.1. The van der Waals surface area contributed by atoms with Gasteiger partial charge in [0.15, 0.2) is 5.82 Å². The molecule has 1 atom stereocenters. The average molecular weight is 549 g/mol. The molecule has 9 heteroatoms. The van der Waals surface area contributed by atoms with Crippen molar-refractivity contribution < 1.29 is 14.3 Å². The van der Waals surface area contributed by atoms with Crippen LogP contribution in [0.1, 0.15) is 36.2 Å². The van der Waals surface area contributed by atoms with Gasteiger partial charge in [-0.3, -0.25) is 4.79 Å². The van der Waals surface area contributed by atoms with Gasteiger partial charge in [-0.2, -0.15) is 0 Å². The number of carbonyl (C=O) groups excluding carboxylic acids is 2. The number of benzene rings is 3. The lowest BCUT2D eigenvalue weighted by Crippen LogP contribution is -2.45. The van der Waals surface area contributed by atoms with E-state index in [1.165, 1.54) is 6.42 Å². The molecule has 0 unspecified atom stereocenters. The number of aromatic nitrogens is 4. The van der Waals surface area contributed by atoms with Crippen molar-refractivity contribution >= 4 is 28.6 Å². The molecular formula is C32H32N6O3. The molecule has 0 fully saturated rings. The fourth-order valence-electron chi connectivity index (χ4n) is 5.27. The van der Waals surface area contributed by atoms with Gasteiger partial charge in [-0.05, 0) is 54.3 Å². The number of alkyl carbamates (subject to hydrolysis) is 1. The van der Waals surface area contributed by atoms with Crippen LogP contribution < -0.4 is 10.6 Å². The average Bonchev–Trinajstić information content (AvgIpc) is 3.52. The van der Waals surface area contributed by atoms with Crippen molar-refractivity contribution in [1.82, 2.24) is 25.1 Å². The van der Waals surface area contributed by atoms with Gasteiger partial charge in [-0.15, -0.1) is 10.2 Å². The maximum atomic E-state index is 13.5. The highest BCUT2D eigenvalue weighted by atomic mass is 16.5. The molecule has 2 amide bonds. The van der Waals surface area contributed by atoms with E-state index in [1.54, 1.807) is 0 Å². The van der Waals surface area contributed by atoms with E-state index < -0.39 is 12.1 Å². The molecule has 0 spiro atoms. The zero-order valence-electron chi connectivity index (χ0n) is 22.7. The van der Waals surface area contributed by atoms with Gasteiger partial charge in [0.2, 0.25) is 5.91 Å². The van der Waals surface area contributed by atoms with Crippen molar-refractivity contribution in [3.8, 4) is 11.4 Å². The topological polar surface area (TPSA) is 114 Å². The molecule has 3 N–H and O–H groups in total. The number of hydrogen-bond donors (Lipinski definition) is 3. The number of ether oxygens (including phenoxy) is 1. The summed E-state index contributed by atoms with van der Waals surface area (Å²) in [6.07, 6.45) is 5.90. The molecule has 0 saturated carbocycles. The van der Waals surface area contributed by atoms with Gasteiger partial charge in [0.1, 0.15) is 18.5 Å². The molecule has 6 rings (SSSR count). The van der Waals surface area contributed by atoms with Crippen LogP contribution >= 0.6 is 0 Å². The summed E-state index contributed by atoms with van der Waals surface area (Å²) in [6.45, 7) is 1.03. The third kappa shape index (κ3) is 6.14. The number of para-hydroxylation sites is 1. The van der Waals surface area contributed by atoms with Crippen molar-refractivity contribution in [2.45, 2.75) is 51.3 Å². The van der Waals surface area contributed by atoms with E-state index >= 15 is 0 Å². The highest BCUT2D eigenvalue weighted by Gasteiger charge is 2.24. The van der Waals surface area contributed by atoms with E-state index in [2.05, 4.69) is 30.4 Å². The van der Waals surface area contributed by atoms with Gasteiger partial charge < -0.3 is 24.9 Å². The second kappa shape index (κ2) is 12.1. The molecule has 9 nitrogen and oxygen atoms in total. The number of aryl methyl sites for hydroxylation is 1. The summed E-state index contributed by atoms with van der Waals surface area (Å²) in [7, 11) is 0. The van der Waals surface area contributed by atoms with E-state index in [0.717, 1.165) is 65.0 Å². The largest absolute Gasteiger partial charge is 0.445 e. The summed E-state index contributed by atoms with van der Waals surface area (Å²) in [5.41, 5.74) is 4.33. The second-order valence-electron chi connectivity index (χ2n) is 10.3. The Kier molecular flexibility index (Phi) is 7.75. The summed E-state index contributed by atoms with van der Waals surface area (Å²) in [6, 6.07) is 24.0. The molecule has 0 saturated heterocycles. The summed E-state index contributed by atoms with van der Waals surface area (Å²) in [5.74, 6) is 1.54. The van der Waals surface area contributed by atoms with E-state index in [-0.39, 0.29) is 12.5 Å². The van der Waals surface area contributed by atoms with Crippen molar-refractivity contribution in [3.05, 3.63) is 102 Å². The molecular weight excluding hydrogens is 516 g/mol. The molecule has 208 valence electrons. The first kappa shape index (κ1) is 26.3. The van der Waals surface area contributed by atoms with Crippen LogP contribution in [0.15, 0.2) is 85.1 Å². The molecule has 3 heterocycles. The number of rotatable bonds is 8. The molecule has 0 radical (unpaired) electrons. The van der Waals surface area contributed by atoms with E-state index in [1.807, 2.05) is 85.1 Å². The van der Waals surface area contributed by atoms with Crippen LogP contribution in [0.5, 0.6) is 0 Å². The Morgan fingerprint density at radius 1 is 0.927 bits per heavy atom. The number of carbonyl (C=O) groups is 2. The Hall–Kier alpha value is -4.92. The predicted molar refractivity (Wildman–Crippen MR) is 157 cm³/mol. The van der Waals surface area contributed by atoms with Gasteiger partial charge in [-0.1, -0.05) is 55.0 Å². The third-order valence-electron chi connectivity index (χ3n) is 7.44. The summed E-state index contributed by atoms with van der Waals surface area (Å²) in [5, 5.41) is 15.6. The Labute approximate surface area is 238 Å². The SMILES string of the molecule is O=C(N[C@H](Cc1c[nH]c2ccccc12)C(=O)Nc1ccc(-c2nnc3n2CCCCC3)cc1)OCc1ccccc1. The van der Waals surface area contributed by atoms with E-state index in [9.17, 15) is 9.59 Å². The van der Waals surface area contributed by atoms with E-state index in [4.69, 9.17) is 4.74 Å². The lowest BCUT2D eigenvalue weighted by atomic mass is 10.0. The fraction of sp³-hybridized carbons (Fsp3) is 0.250. The highest BCUT2D eigenvalue weighted by Crippen LogP contribution is 2.25. The minimum Gasteiger partial charge on any atom is -0.445 e. The zero-order valence-corrected chi connectivity index (χ0v) is 22.7. The van der Waals surface area contributed by atoms with Gasteiger partial charge >= 0.3 is 6.09 Å². The lowest BCUT2D eigenvalue weighted by Gasteiger charge is -2.18. The standard InChI is InChI=1S/C32H32N6O3/c39-31(34-25-16-14-23(15-17-25)30-37-36-29-13-5-2-8-18-38(29)30)28(19-24-20-33-27-12-7-6-11-26(24)27)35-32(40)41-21-22-9-3-1-4-10-22/h1,3-4,6-7,9-12,14-17,20,28,33H,2,5,8,13,18-19,21H2,(H,34,39)(H,35,40)/t28-/m1/s1. The Balaban J connectivity index is 1.17. The van der Waals surface area contributed by atoms with Gasteiger partial charge in [-0.25, -0.2) is 4.79 Å². The van der Waals surface area contributed by atoms with E-state index in [0.29, 0.717) is 12.1 Å². The first-order valence-corrected chi connectivity index (χ1v) is 14.0. The molecule has 3 aromatic carbocycles. The van der Waals surface area contributed by atoms with Crippen LogP contribution in [0, 0.1) is 0 Å². The summed E-state index contributed by atoms with van der Waals surface area (Å²) >= 11 is 0. The molecule has 41 heavy (non-hydrogen) atoms. The van der Waals surface area contributed by atoms with Crippen LogP contribution in [0.25, 0.3) is 22.3 Å². The van der Waals surface area contributed by atoms with Crippen LogP contribution in [-0.2, 0) is 35.5 Å². The molecule has 1 aliphatic rings. The normalized spacial score (nSPS) is 13.7. The number of fused-ring (bicyclic) bond motifs is 2. The third-order valence-corrected chi connectivity index (χ3v) is 7.44. The molecule has 0 aliphatic carbocycles. The summed E-state index contributed by atoms with van der Waals surface area (Å²) in [4.78, 5) is 29.5. The quantitative estimate of drug-likeness (QED) is 0.233. The summed E-state index contributed by atoms with van der Waals surface area (Å²) < 4.78 is 7.62. The maximum Gasteiger partial charge on any atom is 0.408 e. The number of aromatic amines is 1.